The number of rotatable bonds is 3. The van der Waals surface area contributed by atoms with Crippen LogP contribution in [0.3, 0.4) is 0 Å². The highest BCUT2D eigenvalue weighted by molar-refractivity contribution is 7.79. The first kappa shape index (κ1) is 16.0. The SMILES string of the molecule is O=S(=O)(O)O.Oc1ccc(NCc2ccccc2)cc1. The maximum atomic E-state index is 9.11. The number of anilines is 1. The Hall–Kier alpha value is -2.09. The number of hydrogen-bond donors (Lipinski definition) is 4. The van der Waals surface area contributed by atoms with E-state index < -0.39 is 10.4 Å². The molecule has 108 valence electrons. The molecule has 0 aliphatic carbocycles. The molecule has 20 heavy (non-hydrogen) atoms. The van der Waals surface area contributed by atoms with E-state index >= 15 is 0 Å². The summed E-state index contributed by atoms with van der Waals surface area (Å²) in [5.41, 5.74) is 2.25. The fourth-order valence-electron chi connectivity index (χ4n) is 1.38. The van der Waals surface area contributed by atoms with E-state index in [1.54, 1.807) is 12.1 Å². The van der Waals surface area contributed by atoms with Crippen molar-refractivity contribution in [3.05, 3.63) is 60.2 Å². The lowest BCUT2D eigenvalue weighted by Crippen LogP contribution is -1.98. The van der Waals surface area contributed by atoms with Crippen molar-refractivity contribution in [3.63, 3.8) is 0 Å². The molecule has 2 aromatic carbocycles. The molecule has 0 spiro atoms. The van der Waals surface area contributed by atoms with E-state index in [0.29, 0.717) is 5.75 Å². The normalized spacial score (nSPS) is 10.3. The van der Waals surface area contributed by atoms with Crippen LogP contribution in [0.4, 0.5) is 5.69 Å². The highest BCUT2D eigenvalue weighted by Gasteiger charge is 1.93. The molecular formula is C13H15NO5S. The first-order chi connectivity index (χ1) is 9.34. The number of aromatic hydroxyl groups is 1. The summed E-state index contributed by atoms with van der Waals surface area (Å²) in [6, 6.07) is 17.3. The smallest absolute Gasteiger partial charge is 0.394 e. The molecule has 0 fully saturated rings. The average molecular weight is 297 g/mol. The molecule has 0 heterocycles. The van der Waals surface area contributed by atoms with Gasteiger partial charge >= 0.3 is 10.4 Å². The van der Waals surface area contributed by atoms with Crippen LogP contribution in [-0.2, 0) is 16.9 Å². The third-order valence-electron chi connectivity index (χ3n) is 2.21. The quantitative estimate of drug-likeness (QED) is 0.512. The summed E-state index contributed by atoms with van der Waals surface area (Å²) in [5, 5.41) is 12.4. The van der Waals surface area contributed by atoms with Gasteiger partial charge in [0.1, 0.15) is 5.75 Å². The van der Waals surface area contributed by atoms with E-state index in [9.17, 15) is 0 Å². The standard InChI is InChI=1S/C13H13NO.H2O4S/c15-13-8-6-12(7-9-13)14-10-11-4-2-1-3-5-11;1-5(2,3)4/h1-9,14-15H,10H2;(H2,1,2,3,4). The number of hydrogen-bond acceptors (Lipinski definition) is 4. The van der Waals surface area contributed by atoms with Gasteiger partial charge in [0.2, 0.25) is 0 Å². The fourth-order valence-corrected chi connectivity index (χ4v) is 1.38. The van der Waals surface area contributed by atoms with Crippen LogP contribution >= 0.6 is 0 Å². The molecular weight excluding hydrogens is 282 g/mol. The first-order valence-corrected chi connectivity index (χ1v) is 7.01. The molecule has 0 aromatic heterocycles. The predicted molar refractivity (Wildman–Crippen MR) is 76.1 cm³/mol. The molecule has 4 N–H and O–H groups in total. The van der Waals surface area contributed by atoms with Gasteiger partial charge < -0.3 is 10.4 Å². The van der Waals surface area contributed by atoms with Gasteiger partial charge in [0.15, 0.2) is 0 Å². The van der Waals surface area contributed by atoms with Crippen molar-refractivity contribution in [2.24, 2.45) is 0 Å². The fraction of sp³-hybridized carbons (Fsp3) is 0.0769. The van der Waals surface area contributed by atoms with Crippen molar-refractivity contribution < 1.29 is 22.6 Å². The van der Waals surface area contributed by atoms with Crippen LogP contribution in [0.15, 0.2) is 54.6 Å². The Bertz CT molecular complexity index is 603. The summed E-state index contributed by atoms with van der Waals surface area (Å²) in [6.45, 7) is 0.797. The van der Waals surface area contributed by atoms with Crippen LogP contribution in [0.2, 0.25) is 0 Å². The summed E-state index contributed by atoms with van der Waals surface area (Å²) in [6.07, 6.45) is 0. The Morgan fingerprint density at radius 2 is 1.40 bits per heavy atom. The van der Waals surface area contributed by atoms with E-state index in [1.165, 1.54) is 5.56 Å². The molecule has 2 aromatic rings. The highest BCUT2D eigenvalue weighted by atomic mass is 32.3. The molecule has 0 atom stereocenters. The van der Waals surface area contributed by atoms with Crippen LogP contribution in [-0.4, -0.2) is 22.6 Å². The number of phenolic OH excluding ortho intramolecular Hbond substituents is 1. The Kier molecular flexibility index (Phi) is 5.98. The largest absolute Gasteiger partial charge is 0.508 e. The molecule has 0 amide bonds. The minimum atomic E-state index is -4.67. The molecule has 0 saturated carbocycles. The van der Waals surface area contributed by atoms with Crippen molar-refractivity contribution in [2.45, 2.75) is 6.54 Å². The number of benzene rings is 2. The average Bonchev–Trinajstić information content (AvgIpc) is 2.37. The van der Waals surface area contributed by atoms with E-state index in [-0.39, 0.29) is 0 Å². The summed E-state index contributed by atoms with van der Waals surface area (Å²) in [5.74, 6) is 0.292. The van der Waals surface area contributed by atoms with Gasteiger partial charge in [-0.25, -0.2) is 0 Å². The topological polar surface area (TPSA) is 107 Å². The number of phenols is 1. The maximum absolute atomic E-state index is 9.11. The van der Waals surface area contributed by atoms with Gasteiger partial charge in [-0.05, 0) is 29.8 Å². The van der Waals surface area contributed by atoms with Gasteiger partial charge in [-0.1, -0.05) is 30.3 Å². The molecule has 6 nitrogen and oxygen atoms in total. The molecule has 7 heteroatoms. The molecule has 0 aliphatic rings. The highest BCUT2D eigenvalue weighted by Crippen LogP contribution is 2.14. The molecule has 0 unspecified atom stereocenters. The van der Waals surface area contributed by atoms with Crippen molar-refractivity contribution in [3.8, 4) is 5.75 Å². The summed E-state index contributed by atoms with van der Waals surface area (Å²) in [7, 11) is -4.67. The van der Waals surface area contributed by atoms with Crippen molar-refractivity contribution >= 4 is 16.1 Å². The van der Waals surface area contributed by atoms with Gasteiger partial charge in [-0.2, -0.15) is 8.42 Å². The third kappa shape index (κ3) is 8.09. The van der Waals surface area contributed by atoms with Crippen LogP contribution < -0.4 is 5.32 Å². The Labute approximate surface area is 117 Å². The zero-order valence-corrected chi connectivity index (χ0v) is 11.3. The second kappa shape index (κ2) is 7.49. The Balaban J connectivity index is 0.000000347. The van der Waals surface area contributed by atoms with E-state index in [0.717, 1.165) is 12.2 Å². The van der Waals surface area contributed by atoms with E-state index in [4.69, 9.17) is 22.6 Å². The van der Waals surface area contributed by atoms with Crippen LogP contribution in [0.5, 0.6) is 5.75 Å². The molecule has 0 bridgehead atoms. The van der Waals surface area contributed by atoms with Crippen molar-refractivity contribution in [2.75, 3.05) is 5.32 Å². The van der Waals surface area contributed by atoms with E-state index in [2.05, 4.69) is 17.4 Å². The summed E-state index contributed by atoms with van der Waals surface area (Å²) in [4.78, 5) is 0. The predicted octanol–water partition coefficient (Wildman–Crippen LogP) is 2.35. The van der Waals surface area contributed by atoms with Crippen LogP contribution in [0, 0.1) is 0 Å². The Morgan fingerprint density at radius 1 is 0.900 bits per heavy atom. The number of nitrogens with one attached hydrogen (secondary N) is 1. The Morgan fingerprint density at radius 3 is 1.90 bits per heavy atom. The van der Waals surface area contributed by atoms with Gasteiger partial charge in [-0.3, -0.25) is 9.11 Å². The third-order valence-corrected chi connectivity index (χ3v) is 2.21. The second-order valence-corrected chi connectivity index (χ2v) is 4.73. The zero-order chi connectivity index (χ0) is 15.0. The second-order valence-electron chi connectivity index (χ2n) is 3.83. The van der Waals surface area contributed by atoms with Crippen molar-refractivity contribution in [1.82, 2.24) is 0 Å². The maximum Gasteiger partial charge on any atom is 0.394 e. The lowest BCUT2D eigenvalue weighted by atomic mass is 10.2. The molecule has 0 radical (unpaired) electrons. The zero-order valence-electron chi connectivity index (χ0n) is 10.5. The minimum Gasteiger partial charge on any atom is -0.508 e. The molecule has 2 rings (SSSR count). The first-order valence-electron chi connectivity index (χ1n) is 5.61. The van der Waals surface area contributed by atoms with Gasteiger partial charge in [0, 0.05) is 12.2 Å². The monoisotopic (exact) mass is 297 g/mol. The van der Waals surface area contributed by atoms with Crippen LogP contribution in [0.25, 0.3) is 0 Å². The lowest BCUT2D eigenvalue weighted by Gasteiger charge is -2.06. The summed E-state index contributed by atoms with van der Waals surface area (Å²) < 4.78 is 31.6. The van der Waals surface area contributed by atoms with E-state index in [1.807, 2.05) is 30.3 Å². The van der Waals surface area contributed by atoms with Crippen molar-refractivity contribution in [1.29, 1.82) is 0 Å². The molecule has 0 aliphatic heterocycles. The van der Waals surface area contributed by atoms with Gasteiger partial charge in [0.25, 0.3) is 0 Å². The summed E-state index contributed by atoms with van der Waals surface area (Å²) >= 11 is 0. The van der Waals surface area contributed by atoms with Gasteiger partial charge in [0.05, 0.1) is 0 Å². The minimum absolute atomic E-state index is 0.292. The van der Waals surface area contributed by atoms with Gasteiger partial charge in [-0.15, -0.1) is 0 Å². The molecule has 0 saturated heterocycles. The lowest BCUT2D eigenvalue weighted by molar-refractivity contribution is 0.381. The van der Waals surface area contributed by atoms with Crippen LogP contribution in [0.1, 0.15) is 5.56 Å².